The molecule has 2 atom stereocenters. The molecule has 1 N–H and O–H groups in total. The fourth-order valence-electron chi connectivity index (χ4n) is 2.74. The number of ether oxygens (including phenoxy) is 1. The SMILES string of the molecule is Cc1nccn1CC(=O)N(C)C[C@H]1OCC[C@H]1c1ncn[nH]1. The van der Waals surface area contributed by atoms with Crippen molar-refractivity contribution in [3.8, 4) is 0 Å². The highest BCUT2D eigenvalue weighted by Crippen LogP contribution is 2.29. The van der Waals surface area contributed by atoms with Crippen molar-refractivity contribution in [2.75, 3.05) is 20.2 Å². The van der Waals surface area contributed by atoms with E-state index < -0.39 is 0 Å². The molecule has 0 unspecified atom stereocenters. The summed E-state index contributed by atoms with van der Waals surface area (Å²) in [5.74, 6) is 1.85. The van der Waals surface area contributed by atoms with E-state index in [1.54, 1.807) is 18.1 Å². The molecule has 8 heteroatoms. The van der Waals surface area contributed by atoms with E-state index in [0.717, 1.165) is 18.1 Å². The number of likely N-dealkylation sites (N-methyl/N-ethyl adjacent to an activating group) is 1. The summed E-state index contributed by atoms with van der Waals surface area (Å²) in [6, 6.07) is 0. The first-order valence-corrected chi connectivity index (χ1v) is 7.33. The predicted octanol–water partition coefficient (Wildman–Crippen LogP) is 0.341. The zero-order valence-corrected chi connectivity index (χ0v) is 12.8. The summed E-state index contributed by atoms with van der Waals surface area (Å²) in [5.41, 5.74) is 0. The summed E-state index contributed by atoms with van der Waals surface area (Å²) >= 11 is 0. The maximum Gasteiger partial charge on any atom is 0.242 e. The van der Waals surface area contributed by atoms with Crippen molar-refractivity contribution >= 4 is 5.91 Å². The summed E-state index contributed by atoms with van der Waals surface area (Å²) in [6.45, 7) is 3.39. The highest BCUT2D eigenvalue weighted by atomic mass is 16.5. The van der Waals surface area contributed by atoms with Crippen LogP contribution >= 0.6 is 0 Å². The van der Waals surface area contributed by atoms with Crippen LogP contribution in [0.2, 0.25) is 0 Å². The number of aromatic nitrogens is 5. The number of amides is 1. The summed E-state index contributed by atoms with van der Waals surface area (Å²) in [7, 11) is 1.80. The molecule has 118 valence electrons. The fraction of sp³-hybridized carbons (Fsp3) is 0.571. The average molecular weight is 304 g/mol. The number of rotatable bonds is 5. The van der Waals surface area contributed by atoms with Crippen molar-refractivity contribution in [1.29, 1.82) is 0 Å². The van der Waals surface area contributed by atoms with Crippen molar-refractivity contribution in [2.45, 2.75) is 31.9 Å². The number of carbonyl (C=O) groups is 1. The van der Waals surface area contributed by atoms with Crippen LogP contribution in [0.5, 0.6) is 0 Å². The molecular formula is C14H20N6O2. The van der Waals surface area contributed by atoms with Gasteiger partial charge in [0.25, 0.3) is 0 Å². The lowest BCUT2D eigenvalue weighted by Crippen LogP contribution is -2.38. The minimum Gasteiger partial charge on any atom is -0.376 e. The molecule has 0 bridgehead atoms. The van der Waals surface area contributed by atoms with Crippen LogP contribution in [-0.4, -0.2) is 61.8 Å². The molecule has 2 aromatic heterocycles. The van der Waals surface area contributed by atoms with Crippen LogP contribution in [0.3, 0.4) is 0 Å². The van der Waals surface area contributed by atoms with E-state index in [-0.39, 0.29) is 17.9 Å². The second kappa shape index (κ2) is 6.27. The monoisotopic (exact) mass is 304 g/mol. The third-order valence-electron chi connectivity index (χ3n) is 4.10. The smallest absolute Gasteiger partial charge is 0.242 e. The number of aryl methyl sites for hydroxylation is 1. The Labute approximate surface area is 128 Å². The number of carbonyl (C=O) groups excluding carboxylic acids is 1. The topological polar surface area (TPSA) is 88.9 Å². The minimum absolute atomic E-state index is 0.0351. The van der Waals surface area contributed by atoms with Gasteiger partial charge in [-0.25, -0.2) is 9.97 Å². The Kier molecular flexibility index (Phi) is 4.19. The highest BCUT2D eigenvalue weighted by Gasteiger charge is 2.33. The van der Waals surface area contributed by atoms with Crippen molar-refractivity contribution < 1.29 is 9.53 Å². The number of H-pyrrole nitrogens is 1. The first-order chi connectivity index (χ1) is 10.6. The van der Waals surface area contributed by atoms with Gasteiger partial charge in [0.05, 0.1) is 6.10 Å². The standard InChI is InChI=1S/C14H20N6O2/c1-10-15-4-5-20(10)8-13(21)19(2)7-12-11(3-6-22-12)14-16-9-17-18-14/h4-5,9,11-12H,3,6-8H2,1-2H3,(H,16,17,18)/t11-,12-/m1/s1. The second-order valence-electron chi connectivity index (χ2n) is 5.55. The highest BCUT2D eigenvalue weighted by molar-refractivity contribution is 5.75. The van der Waals surface area contributed by atoms with Crippen LogP contribution in [0.15, 0.2) is 18.7 Å². The summed E-state index contributed by atoms with van der Waals surface area (Å²) in [6.07, 6.45) is 5.85. The Morgan fingerprint density at radius 2 is 2.41 bits per heavy atom. The first-order valence-electron chi connectivity index (χ1n) is 7.33. The molecule has 1 aliphatic rings. The molecule has 0 aromatic carbocycles. The molecule has 0 radical (unpaired) electrons. The molecule has 1 saturated heterocycles. The number of imidazole rings is 1. The van der Waals surface area contributed by atoms with Gasteiger partial charge in [-0.2, -0.15) is 5.10 Å². The lowest BCUT2D eigenvalue weighted by atomic mass is 10.0. The Bertz CT molecular complexity index is 623. The quantitative estimate of drug-likeness (QED) is 0.860. The van der Waals surface area contributed by atoms with Crippen LogP contribution in [0.1, 0.15) is 24.0 Å². The van der Waals surface area contributed by atoms with Gasteiger partial charge in [-0.3, -0.25) is 9.89 Å². The van der Waals surface area contributed by atoms with Crippen LogP contribution < -0.4 is 0 Å². The van der Waals surface area contributed by atoms with E-state index in [1.165, 1.54) is 6.33 Å². The van der Waals surface area contributed by atoms with Crippen molar-refractivity contribution in [3.05, 3.63) is 30.4 Å². The van der Waals surface area contributed by atoms with E-state index in [1.807, 2.05) is 17.7 Å². The lowest BCUT2D eigenvalue weighted by molar-refractivity contribution is -0.132. The van der Waals surface area contributed by atoms with E-state index in [4.69, 9.17) is 4.74 Å². The molecular weight excluding hydrogens is 284 g/mol. The molecule has 1 aliphatic heterocycles. The molecule has 0 saturated carbocycles. The summed E-state index contributed by atoms with van der Waals surface area (Å²) in [5, 5.41) is 6.79. The number of aromatic amines is 1. The van der Waals surface area contributed by atoms with E-state index in [0.29, 0.717) is 19.7 Å². The largest absolute Gasteiger partial charge is 0.376 e. The van der Waals surface area contributed by atoms with Crippen LogP contribution in [0.25, 0.3) is 0 Å². The average Bonchev–Trinajstić information content (AvgIpc) is 3.21. The number of nitrogens with one attached hydrogen (secondary N) is 1. The third-order valence-corrected chi connectivity index (χ3v) is 4.10. The van der Waals surface area contributed by atoms with Gasteiger partial charge in [0.2, 0.25) is 5.91 Å². The Balaban J connectivity index is 1.60. The minimum atomic E-state index is -0.0502. The molecule has 3 rings (SSSR count). The molecule has 8 nitrogen and oxygen atoms in total. The van der Waals surface area contributed by atoms with Gasteiger partial charge in [-0.1, -0.05) is 0 Å². The predicted molar refractivity (Wildman–Crippen MR) is 78.1 cm³/mol. The van der Waals surface area contributed by atoms with Crippen molar-refractivity contribution in [2.24, 2.45) is 0 Å². The van der Waals surface area contributed by atoms with E-state index in [2.05, 4.69) is 20.2 Å². The second-order valence-corrected chi connectivity index (χ2v) is 5.55. The van der Waals surface area contributed by atoms with Crippen molar-refractivity contribution in [3.63, 3.8) is 0 Å². The first kappa shape index (κ1) is 14.7. The molecule has 0 aliphatic carbocycles. The van der Waals surface area contributed by atoms with Gasteiger partial charge in [-0.15, -0.1) is 0 Å². The van der Waals surface area contributed by atoms with Crippen molar-refractivity contribution in [1.82, 2.24) is 29.6 Å². The van der Waals surface area contributed by atoms with Gasteiger partial charge in [0.1, 0.15) is 24.5 Å². The summed E-state index contributed by atoms with van der Waals surface area (Å²) in [4.78, 5) is 22.4. The van der Waals surface area contributed by atoms with Gasteiger partial charge in [-0.05, 0) is 13.3 Å². The molecule has 0 spiro atoms. The zero-order valence-electron chi connectivity index (χ0n) is 12.8. The Hall–Kier alpha value is -2.22. The fourth-order valence-corrected chi connectivity index (χ4v) is 2.74. The van der Waals surface area contributed by atoms with Crippen LogP contribution in [0, 0.1) is 6.92 Å². The normalized spacial score (nSPS) is 21.2. The van der Waals surface area contributed by atoms with Gasteiger partial charge < -0.3 is 14.2 Å². The molecule has 1 fully saturated rings. The molecule has 2 aromatic rings. The van der Waals surface area contributed by atoms with E-state index >= 15 is 0 Å². The maximum absolute atomic E-state index is 12.3. The van der Waals surface area contributed by atoms with E-state index in [9.17, 15) is 4.79 Å². The van der Waals surface area contributed by atoms with Crippen LogP contribution in [0.4, 0.5) is 0 Å². The number of hydrogen-bond donors (Lipinski definition) is 1. The zero-order chi connectivity index (χ0) is 15.5. The van der Waals surface area contributed by atoms with Gasteiger partial charge in [0.15, 0.2) is 0 Å². The Morgan fingerprint density at radius 3 is 3.09 bits per heavy atom. The van der Waals surface area contributed by atoms with Gasteiger partial charge in [0, 0.05) is 38.5 Å². The lowest BCUT2D eigenvalue weighted by Gasteiger charge is -2.24. The summed E-state index contributed by atoms with van der Waals surface area (Å²) < 4.78 is 7.60. The number of nitrogens with zero attached hydrogens (tertiary/aromatic N) is 5. The Morgan fingerprint density at radius 1 is 1.55 bits per heavy atom. The molecule has 22 heavy (non-hydrogen) atoms. The molecule has 3 heterocycles. The molecule has 1 amide bonds. The number of hydrogen-bond acceptors (Lipinski definition) is 5. The third kappa shape index (κ3) is 3.01. The van der Waals surface area contributed by atoms with Gasteiger partial charge >= 0.3 is 0 Å². The van der Waals surface area contributed by atoms with Crippen LogP contribution in [-0.2, 0) is 16.1 Å². The maximum atomic E-state index is 12.3.